The molecule has 2 unspecified atom stereocenters. The predicted molar refractivity (Wildman–Crippen MR) is 70.5 cm³/mol. The van der Waals surface area contributed by atoms with Gasteiger partial charge in [0.15, 0.2) is 0 Å². The summed E-state index contributed by atoms with van der Waals surface area (Å²) in [6.45, 7) is 8.04. The highest BCUT2D eigenvalue weighted by Crippen LogP contribution is 2.19. The summed E-state index contributed by atoms with van der Waals surface area (Å²) in [5.41, 5.74) is 1.20. The van der Waals surface area contributed by atoms with Crippen LogP contribution in [-0.2, 0) is 11.0 Å². The summed E-state index contributed by atoms with van der Waals surface area (Å²) < 4.78 is 15.0. The van der Waals surface area contributed by atoms with Crippen LogP contribution in [-0.4, -0.2) is 8.96 Å². The van der Waals surface area contributed by atoms with Crippen molar-refractivity contribution < 1.29 is 4.21 Å². The number of benzene rings is 1. The first-order chi connectivity index (χ1) is 7.45. The SMILES string of the molecule is CCC(NS(=O)C(C)(C)C)c1ccccc1. The highest BCUT2D eigenvalue weighted by Gasteiger charge is 2.22. The minimum Gasteiger partial charge on any atom is -0.242 e. The van der Waals surface area contributed by atoms with Crippen molar-refractivity contribution >= 4 is 11.0 Å². The van der Waals surface area contributed by atoms with Crippen molar-refractivity contribution in [3.63, 3.8) is 0 Å². The van der Waals surface area contributed by atoms with E-state index in [1.807, 2.05) is 39.0 Å². The molecule has 3 heteroatoms. The van der Waals surface area contributed by atoms with Crippen molar-refractivity contribution in [2.24, 2.45) is 0 Å². The molecule has 0 heterocycles. The van der Waals surface area contributed by atoms with Crippen LogP contribution >= 0.6 is 0 Å². The smallest absolute Gasteiger partial charge is 0.0975 e. The first-order valence-electron chi connectivity index (χ1n) is 5.68. The summed E-state index contributed by atoms with van der Waals surface area (Å²) in [7, 11) is -1.02. The quantitative estimate of drug-likeness (QED) is 0.859. The van der Waals surface area contributed by atoms with E-state index in [2.05, 4.69) is 23.8 Å². The molecule has 1 N–H and O–H groups in total. The van der Waals surface area contributed by atoms with Crippen LogP contribution in [0.4, 0.5) is 0 Å². The first kappa shape index (κ1) is 13.4. The highest BCUT2D eigenvalue weighted by atomic mass is 32.2. The third-order valence-corrected chi connectivity index (χ3v) is 4.03. The van der Waals surface area contributed by atoms with Gasteiger partial charge in [-0.2, -0.15) is 0 Å². The van der Waals surface area contributed by atoms with Gasteiger partial charge in [-0.3, -0.25) is 0 Å². The Labute approximate surface area is 101 Å². The maximum atomic E-state index is 12.0. The third-order valence-electron chi connectivity index (χ3n) is 2.42. The van der Waals surface area contributed by atoms with Crippen molar-refractivity contribution in [2.45, 2.75) is 44.9 Å². The summed E-state index contributed by atoms with van der Waals surface area (Å²) >= 11 is 0. The topological polar surface area (TPSA) is 29.1 Å². The van der Waals surface area contributed by atoms with E-state index in [1.165, 1.54) is 5.56 Å². The lowest BCUT2D eigenvalue weighted by Gasteiger charge is -2.23. The molecule has 0 saturated carbocycles. The zero-order chi connectivity index (χ0) is 12.2. The van der Waals surface area contributed by atoms with Gasteiger partial charge in [-0.1, -0.05) is 37.3 Å². The summed E-state index contributed by atoms with van der Waals surface area (Å²) in [6.07, 6.45) is 0.936. The number of hydrogen-bond acceptors (Lipinski definition) is 1. The van der Waals surface area contributed by atoms with Gasteiger partial charge in [-0.25, -0.2) is 8.93 Å². The zero-order valence-electron chi connectivity index (χ0n) is 10.5. The first-order valence-corrected chi connectivity index (χ1v) is 6.83. The van der Waals surface area contributed by atoms with Gasteiger partial charge in [0.25, 0.3) is 0 Å². The van der Waals surface area contributed by atoms with Crippen molar-refractivity contribution in [3.05, 3.63) is 35.9 Å². The van der Waals surface area contributed by atoms with Crippen LogP contribution in [0.5, 0.6) is 0 Å². The summed E-state index contributed by atoms with van der Waals surface area (Å²) in [5.74, 6) is 0. The molecule has 0 aliphatic carbocycles. The van der Waals surface area contributed by atoms with Crippen LogP contribution < -0.4 is 4.72 Å². The molecule has 0 aromatic heterocycles. The van der Waals surface area contributed by atoms with Gasteiger partial charge in [0.2, 0.25) is 0 Å². The number of hydrogen-bond donors (Lipinski definition) is 1. The Morgan fingerprint density at radius 2 is 1.81 bits per heavy atom. The molecule has 0 bridgehead atoms. The molecule has 0 aliphatic heterocycles. The number of nitrogens with one attached hydrogen (secondary N) is 1. The molecule has 2 nitrogen and oxygen atoms in total. The molecule has 0 radical (unpaired) electrons. The number of rotatable bonds is 4. The summed E-state index contributed by atoms with van der Waals surface area (Å²) in [5, 5.41) is 0. The minimum atomic E-state index is -1.02. The third kappa shape index (κ3) is 3.72. The van der Waals surface area contributed by atoms with Crippen LogP contribution in [0, 0.1) is 0 Å². The molecule has 90 valence electrons. The molecule has 0 saturated heterocycles. The molecule has 1 aromatic carbocycles. The van der Waals surface area contributed by atoms with Gasteiger partial charge in [0.1, 0.15) is 0 Å². The van der Waals surface area contributed by atoms with Crippen LogP contribution in [0.1, 0.15) is 45.7 Å². The average molecular weight is 239 g/mol. The Balaban J connectivity index is 2.75. The van der Waals surface area contributed by atoms with E-state index in [-0.39, 0.29) is 10.8 Å². The molecule has 0 fully saturated rings. The molecule has 16 heavy (non-hydrogen) atoms. The molecule has 1 rings (SSSR count). The van der Waals surface area contributed by atoms with Crippen LogP contribution in [0.2, 0.25) is 0 Å². The van der Waals surface area contributed by atoms with Gasteiger partial charge < -0.3 is 0 Å². The van der Waals surface area contributed by atoms with Gasteiger partial charge in [-0.05, 0) is 32.8 Å². The van der Waals surface area contributed by atoms with Gasteiger partial charge in [-0.15, -0.1) is 0 Å². The second-order valence-corrected chi connectivity index (χ2v) is 6.87. The Bertz CT molecular complexity index is 343. The van der Waals surface area contributed by atoms with Gasteiger partial charge >= 0.3 is 0 Å². The Morgan fingerprint density at radius 3 is 2.25 bits per heavy atom. The van der Waals surface area contributed by atoms with Crippen LogP contribution in [0.3, 0.4) is 0 Å². The summed E-state index contributed by atoms with van der Waals surface area (Å²) in [6, 6.07) is 10.3. The van der Waals surface area contributed by atoms with Crippen molar-refractivity contribution in [3.8, 4) is 0 Å². The highest BCUT2D eigenvalue weighted by molar-refractivity contribution is 7.84. The normalized spacial score (nSPS) is 15.8. The lowest BCUT2D eigenvalue weighted by molar-refractivity contribution is 0.589. The van der Waals surface area contributed by atoms with Crippen molar-refractivity contribution in [2.75, 3.05) is 0 Å². The minimum absolute atomic E-state index is 0.168. The van der Waals surface area contributed by atoms with E-state index >= 15 is 0 Å². The van der Waals surface area contributed by atoms with E-state index in [0.717, 1.165) is 6.42 Å². The molecule has 0 spiro atoms. The lowest BCUT2D eigenvalue weighted by Crippen LogP contribution is -2.35. The standard InChI is InChI=1S/C13H21NOS/c1-5-12(11-9-7-6-8-10-11)14-16(15)13(2,3)4/h6-10,12,14H,5H2,1-4H3. The van der Waals surface area contributed by atoms with E-state index in [0.29, 0.717) is 0 Å². The van der Waals surface area contributed by atoms with Crippen molar-refractivity contribution in [1.29, 1.82) is 0 Å². The molecule has 0 amide bonds. The van der Waals surface area contributed by atoms with Crippen molar-refractivity contribution in [1.82, 2.24) is 4.72 Å². The molecule has 0 aliphatic rings. The fraction of sp³-hybridized carbons (Fsp3) is 0.538. The monoisotopic (exact) mass is 239 g/mol. The average Bonchev–Trinajstić information content (AvgIpc) is 2.25. The Morgan fingerprint density at radius 1 is 1.25 bits per heavy atom. The van der Waals surface area contributed by atoms with E-state index in [1.54, 1.807) is 0 Å². The van der Waals surface area contributed by atoms with Crippen LogP contribution in [0.25, 0.3) is 0 Å². The van der Waals surface area contributed by atoms with Gasteiger partial charge in [0.05, 0.1) is 15.7 Å². The largest absolute Gasteiger partial charge is 0.242 e. The lowest BCUT2D eigenvalue weighted by atomic mass is 10.1. The maximum absolute atomic E-state index is 12.0. The fourth-order valence-corrected chi connectivity index (χ4v) is 2.29. The zero-order valence-corrected chi connectivity index (χ0v) is 11.3. The molecule has 1 aromatic rings. The Hall–Kier alpha value is -0.670. The maximum Gasteiger partial charge on any atom is 0.0975 e. The molecule has 2 atom stereocenters. The second kappa shape index (κ2) is 5.60. The van der Waals surface area contributed by atoms with E-state index in [4.69, 9.17) is 0 Å². The van der Waals surface area contributed by atoms with Gasteiger partial charge in [0, 0.05) is 6.04 Å². The van der Waals surface area contributed by atoms with E-state index in [9.17, 15) is 4.21 Å². The summed E-state index contributed by atoms with van der Waals surface area (Å²) in [4.78, 5) is 0. The fourth-order valence-electron chi connectivity index (χ4n) is 1.38. The predicted octanol–water partition coefficient (Wildman–Crippen LogP) is 3.19. The van der Waals surface area contributed by atoms with E-state index < -0.39 is 11.0 Å². The van der Waals surface area contributed by atoms with Crippen LogP contribution in [0.15, 0.2) is 30.3 Å². The molecular weight excluding hydrogens is 218 g/mol. The Kier molecular flexibility index (Phi) is 4.69. The molecular formula is C13H21NOS. The second-order valence-electron chi connectivity index (χ2n) is 4.87.